The zero-order valence-electron chi connectivity index (χ0n) is 22.3. The number of fused-ring (bicyclic) bond motifs is 4. The van der Waals surface area contributed by atoms with Gasteiger partial charge < -0.3 is 10.2 Å². The average Bonchev–Trinajstić information content (AvgIpc) is 3.31. The van der Waals surface area contributed by atoms with E-state index in [4.69, 9.17) is 26.7 Å². The van der Waals surface area contributed by atoms with Crippen LogP contribution in [-0.4, -0.2) is 26.4 Å². The first kappa shape index (κ1) is 24.3. The highest BCUT2D eigenvalue weighted by Crippen LogP contribution is 2.48. The van der Waals surface area contributed by atoms with E-state index >= 15 is 0 Å². The monoisotopic (exact) mass is 543 g/mol. The second-order valence-corrected chi connectivity index (χ2v) is 10.5. The molecule has 0 radical (unpaired) electrons. The highest BCUT2D eigenvalue weighted by Gasteiger charge is 2.41. The van der Waals surface area contributed by atoms with Crippen LogP contribution in [0.5, 0.6) is 0 Å². The molecule has 0 bridgehead atoms. The van der Waals surface area contributed by atoms with Crippen molar-refractivity contribution in [1.29, 1.82) is 0 Å². The van der Waals surface area contributed by atoms with E-state index in [1.807, 2.05) is 60.1 Å². The van der Waals surface area contributed by atoms with Gasteiger partial charge >= 0.3 is 0 Å². The minimum atomic E-state index is -0.217. The Morgan fingerprint density at radius 1 is 0.825 bits per heavy atom. The Labute approximate surface area is 237 Å². The molecule has 1 atom stereocenters. The van der Waals surface area contributed by atoms with E-state index in [0.717, 1.165) is 39.7 Å². The van der Waals surface area contributed by atoms with E-state index < -0.39 is 0 Å². The molecule has 2 aliphatic heterocycles. The maximum atomic E-state index is 6.33. The Morgan fingerprint density at radius 2 is 1.62 bits per heavy atom. The molecule has 0 spiro atoms. The molecule has 0 saturated carbocycles. The zero-order chi connectivity index (χ0) is 27.4. The molecule has 1 N–H and O–H groups in total. The van der Waals surface area contributed by atoms with Crippen molar-refractivity contribution in [2.24, 2.45) is 9.98 Å². The van der Waals surface area contributed by atoms with E-state index in [1.165, 1.54) is 11.1 Å². The number of halogens is 1. The third-order valence-corrected chi connectivity index (χ3v) is 7.71. The van der Waals surface area contributed by atoms with Crippen molar-refractivity contribution in [2.45, 2.75) is 26.8 Å². The first-order valence-electron chi connectivity index (χ1n) is 13.1. The van der Waals surface area contributed by atoms with Gasteiger partial charge in [-0.15, -0.1) is 0 Å². The van der Waals surface area contributed by atoms with Crippen LogP contribution in [0.25, 0.3) is 5.82 Å². The van der Waals surface area contributed by atoms with Crippen molar-refractivity contribution < 1.29 is 0 Å². The standard InChI is InChI=1S/C32H26ClN7/c1-19-11-16-24(18-20(19)2)35-30-32-37-31-28(21(3)38-40(31)27-10-6-7-17-34-27)29(22-12-14-23(33)15-13-22)39(32)26-9-5-4-8-25(26)36-30/h4-18,29H,1-3H3,(H,35,36)/t29-/m1/s1. The Kier molecular flexibility index (Phi) is 5.75. The molecule has 3 aromatic carbocycles. The highest BCUT2D eigenvalue weighted by molar-refractivity contribution is 6.51. The molecule has 0 fully saturated rings. The van der Waals surface area contributed by atoms with Crippen LogP contribution in [0.2, 0.25) is 5.02 Å². The normalized spacial score (nSPS) is 15.5. The van der Waals surface area contributed by atoms with Gasteiger partial charge in [-0.05, 0) is 86.0 Å². The van der Waals surface area contributed by atoms with Gasteiger partial charge in [0.25, 0.3) is 0 Å². The third-order valence-electron chi connectivity index (χ3n) is 7.46. The third kappa shape index (κ3) is 3.98. The number of aromatic nitrogens is 3. The van der Waals surface area contributed by atoms with Gasteiger partial charge in [0.1, 0.15) is 0 Å². The van der Waals surface area contributed by atoms with Gasteiger partial charge in [0.2, 0.25) is 0 Å². The fraction of sp³-hybridized carbons (Fsp3) is 0.125. The number of nitrogens with one attached hydrogen (secondary N) is 1. The molecule has 7 nitrogen and oxygen atoms in total. The summed E-state index contributed by atoms with van der Waals surface area (Å²) in [6.45, 7) is 6.25. The van der Waals surface area contributed by atoms with E-state index in [0.29, 0.717) is 22.5 Å². The quantitative estimate of drug-likeness (QED) is 0.254. The SMILES string of the molecule is Cc1ccc(NC2=Nc3ccccc3N3C2=Nc2c(c(C)nn2-c2ccccn2)[C@H]3c2ccc(Cl)cc2)cc1C. The van der Waals surface area contributed by atoms with Crippen LogP contribution < -0.4 is 10.2 Å². The van der Waals surface area contributed by atoms with Crippen LogP contribution in [0.3, 0.4) is 0 Å². The number of pyridine rings is 1. The average molecular weight is 544 g/mol. The largest absolute Gasteiger partial charge is 0.337 e. The van der Waals surface area contributed by atoms with Crippen LogP contribution in [0.1, 0.15) is 34.0 Å². The minimum Gasteiger partial charge on any atom is -0.337 e. The molecular formula is C32H26ClN7. The van der Waals surface area contributed by atoms with Crippen molar-refractivity contribution in [1.82, 2.24) is 14.8 Å². The molecule has 0 saturated heterocycles. The second-order valence-electron chi connectivity index (χ2n) is 10.1. The van der Waals surface area contributed by atoms with E-state index in [2.05, 4.69) is 65.4 Å². The van der Waals surface area contributed by atoms with Crippen LogP contribution >= 0.6 is 11.6 Å². The Morgan fingerprint density at radius 3 is 2.40 bits per heavy atom. The topological polar surface area (TPSA) is 70.7 Å². The van der Waals surface area contributed by atoms with Crippen molar-refractivity contribution >= 4 is 46.2 Å². The number of anilines is 2. The maximum Gasteiger partial charge on any atom is 0.179 e. The molecule has 196 valence electrons. The molecule has 7 rings (SSSR count). The summed E-state index contributed by atoms with van der Waals surface area (Å²) in [5.41, 5.74) is 8.20. The van der Waals surface area contributed by atoms with E-state index in [9.17, 15) is 0 Å². The van der Waals surface area contributed by atoms with Gasteiger partial charge in [-0.2, -0.15) is 9.78 Å². The summed E-state index contributed by atoms with van der Waals surface area (Å²) in [5, 5.41) is 9.20. The summed E-state index contributed by atoms with van der Waals surface area (Å²) in [6, 6.07) is 28.1. The van der Waals surface area contributed by atoms with Gasteiger partial charge in [0.15, 0.2) is 23.3 Å². The van der Waals surface area contributed by atoms with Gasteiger partial charge in [-0.3, -0.25) is 0 Å². The van der Waals surface area contributed by atoms with E-state index in [1.54, 1.807) is 6.20 Å². The molecule has 0 unspecified atom stereocenters. The number of nitrogens with zero attached hydrogens (tertiary/aromatic N) is 6. The number of benzene rings is 3. The number of aryl methyl sites for hydroxylation is 3. The minimum absolute atomic E-state index is 0.217. The molecule has 0 aliphatic carbocycles. The fourth-order valence-electron chi connectivity index (χ4n) is 5.35. The predicted molar refractivity (Wildman–Crippen MR) is 162 cm³/mol. The second kappa shape index (κ2) is 9.47. The smallest absolute Gasteiger partial charge is 0.179 e. The molecule has 5 aromatic rings. The summed E-state index contributed by atoms with van der Waals surface area (Å²) < 4.78 is 1.83. The van der Waals surface area contributed by atoms with Gasteiger partial charge in [0, 0.05) is 22.5 Å². The molecular weight excluding hydrogens is 518 g/mol. The van der Waals surface area contributed by atoms with Gasteiger partial charge in [-0.25, -0.2) is 15.0 Å². The maximum absolute atomic E-state index is 6.33. The summed E-state index contributed by atoms with van der Waals surface area (Å²) >= 11 is 6.33. The Balaban J connectivity index is 1.49. The molecule has 0 amide bonds. The number of hydrogen-bond acceptors (Lipinski definition) is 6. The number of aliphatic imine (C=N–C) groups is 2. The molecule has 2 aliphatic rings. The number of hydrogen-bond donors (Lipinski definition) is 1. The van der Waals surface area contributed by atoms with Crippen molar-refractivity contribution in [3.8, 4) is 5.82 Å². The number of rotatable bonds is 3. The summed E-state index contributed by atoms with van der Waals surface area (Å²) in [7, 11) is 0. The summed E-state index contributed by atoms with van der Waals surface area (Å²) in [5.74, 6) is 2.81. The highest BCUT2D eigenvalue weighted by atomic mass is 35.5. The van der Waals surface area contributed by atoms with Gasteiger partial charge in [0.05, 0.1) is 23.1 Å². The molecule has 8 heteroatoms. The van der Waals surface area contributed by atoms with Crippen LogP contribution in [0, 0.1) is 20.8 Å². The van der Waals surface area contributed by atoms with Crippen molar-refractivity contribution in [3.63, 3.8) is 0 Å². The molecule has 4 heterocycles. The summed E-state index contributed by atoms with van der Waals surface area (Å²) in [6.07, 6.45) is 1.77. The molecule has 40 heavy (non-hydrogen) atoms. The van der Waals surface area contributed by atoms with Crippen LogP contribution in [0.15, 0.2) is 101 Å². The van der Waals surface area contributed by atoms with Crippen LogP contribution in [-0.2, 0) is 0 Å². The lowest BCUT2D eigenvalue weighted by Crippen LogP contribution is -2.46. The number of para-hydroxylation sites is 2. The first-order valence-corrected chi connectivity index (χ1v) is 13.5. The number of amidine groups is 2. The first-order chi connectivity index (χ1) is 19.5. The Bertz CT molecular complexity index is 1820. The lowest BCUT2D eigenvalue weighted by molar-refractivity contribution is 0.810. The fourth-order valence-corrected chi connectivity index (χ4v) is 5.48. The van der Waals surface area contributed by atoms with Crippen molar-refractivity contribution in [2.75, 3.05) is 10.2 Å². The zero-order valence-corrected chi connectivity index (χ0v) is 23.1. The lowest BCUT2D eigenvalue weighted by Gasteiger charge is -2.40. The molecule has 2 aromatic heterocycles. The van der Waals surface area contributed by atoms with Crippen molar-refractivity contribution in [3.05, 3.63) is 124 Å². The van der Waals surface area contributed by atoms with Gasteiger partial charge in [-0.1, -0.05) is 48.0 Å². The lowest BCUT2D eigenvalue weighted by atomic mass is 9.93. The summed E-state index contributed by atoms with van der Waals surface area (Å²) in [4.78, 5) is 17.2. The predicted octanol–water partition coefficient (Wildman–Crippen LogP) is 7.64. The van der Waals surface area contributed by atoms with E-state index in [-0.39, 0.29) is 6.04 Å². The Hall–Kier alpha value is -4.75. The van der Waals surface area contributed by atoms with Crippen LogP contribution in [0.4, 0.5) is 22.9 Å².